The summed E-state index contributed by atoms with van der Waals surface area (Å²) in [6.45, 7) is 8.97. The van der Waals surface area contributed by atoms with Gasteiger partial charge < -0.3 is 15.4 Å². The van der Waals surface area contributed by atoms with Gasteiger partial charge in [-0.25, -0.2) is 0 Å². The van der Waals surface area contributed by atoms with Crippen LogP contribution in [-0.4, -0.2) is 66.3 Å². The Morgan fingerprint density at radius 3 is 2.52 bits per heavy atom. The molecule has 0 aliphatic carbocycles. The second kappa shape index (κ2) is 9.30. The van der Waals surface area contributed by atoms with Crippen LogP contribution in [0.5, 0.6) is 0 Å². The molecule has 0 bridgehead atoms. The van der Waals surface area contributed by atoms with Crippen molar-refractivity contribution < 1.29 is 28.7 Å². The van der Waals surface area contributed by atoms with Crippen LogP contribution in [0.15, 0.2) is 18.2 Å². The summed E-state index contributed by atoms with van der Waals surface area (Å²) >= 11 is 0. The Hall–Kier alpha value is -3.27. The highest BCUT2D eigenvalue weighted by molar-refractivity contribution is 6.25. The topological polar surface area (TPSA) is 134 Å². The van der Waals surface area contributed by atoms with Crippen LogP contribution < -0.4 is 16.0 Å². The van der Waals surface area contributed by atoms with Crippen molar-refractivity contribution in [2.75, 3.05) is 25.0 Å². The van der Waals surface area contributed by atoms with E-state index in [1.807, 2.05) is 27.7 Å². The van der Waals surface area contributed by atoms with E-state index in [1.54, 1.807) is 18.2 Å². The van der Waals surface area contributed by atoms with Gasteiger partial charge in [0.05, 0.1) is 23.3 Å². The lowest BCUT2D eigenvalue weighted by Crippen LogP contribution is -2.54. The zero-order valence-corrected chi connectivity index (χ0v) is 19.3. The van der Waals surface area contributed by atoms with Crippen molar-refractivity contribution in [3.8, 4) is 0 Å². The summed E-state index contributed by atoms with van der Waals surface area (Å²) in [7, 11) is 0. The van der Waals surface area contributed by atoms with E-state index in [9.17, 15) is 24.0 Å². The fraction of sp³-hybridized carbons (Fsp3) is 0.522. The quantitative estimate of drug-likeness (QED) is 0.353. The van der Waals surface area contributed by atoms with E-state index in [0.29, 0.717) is 31.8 Å². The molecule has 10 heteroatoms. The average molecular weight is 459 g/mol. The van der Waals surface area contributed by atoms with Crippen molar-refractivity contribution in [3.63, 3.8) is 0 Å². The molecule has 5 amide bonds. The fourth-order valence-electron chi connectivity index (χ4n) is 3.78. The maximum atomic E-state index is 13.2. The van der Waals surface area contributed by atoms with Gasteiger partial charge in [-0.1, -0.05) is 19.9 Å². The summed E-state index contributed by atoms with van der Waals surface area (Å²) in [4.78, 5) is 61.3. The number of carbonyl (C=O) groups excluding carboxylic acids is 5. The summed E-state index contributed by atoms with van der Waals surface area (Å²) in [5, 5.41) is 8.06. The predicted octanol–water partition coefficient (Wildman–Crippen LogP) is 1.07. The van der Waals surface area contributed by atoms with Crippen molar-refractivity contribution in [2.24, 2.45) is 5.41 Å². The number of imide groups is 2. The molecule has 33 heavy (non-hydrogen) atoms. The molecule has 1 aromatic carbocycles. The molecule has 2 aliphatic heterocycles. The van der Waals surface area contributed by atoms with Gasteiger partial charge >= 0.3 is 0 Å². The lowest BCUT2D eigenvalue weighted by Gasteiger charge is -2.32. The molecule has 10 nitrogen and oxygen atoms in total. The molecule has 1 aromatic rings. The smallest absolute Gasteiger partial charge is 0.264 e. The van der Waals surface area contributed by atoms with Crippen molar-refractivity contribution in [2.45, 2.75) is 52.2 Å². The average Bonchev–Trinajstić information content (AvgIpc) is 3.01. The minimum absolute atomic E-state index is 0.0686. The van der Waals surface area contributed by atoms with Gasteiger partial charge in [-0.05, 0) is 32.4 Å². The molecule has 178 valence electrons. The second-order valence-electron chi connectivity index (χ2n) is 9.74. The summed E-state index contributed by atoms with van der Waals surface area (Å²) in [6, 6.07) is 3.91. The van der Waals surface area contributed by atoms with Crippen molar-refractivity contribution in [1.29, 1.82) is 0 Å². The van der Waals surface area contributed by atoms with Crippen LogP contribution in [0.2, 0.25) is 0 Å². The number of hydrogen-bond donors (Lipinski definition) is 3. The number of amides is 5. The number of rotatable bonds is 10. The number of nitrogens with one attached hydrogen (secondary N) is 3. The van der Waals surface area contributed by atoms with E-state index in [4.69, 9.17) is 4.74 Å². The number of hydrogen-bond acceptors (Lipinski definition) is 7. The van der Waals surface area contributed by atoms with Crippen LogP contribution in [0.25, 0.3) is 0 Å². The monoisotopic (exact) mass is 458 g/mol. The Kier molecular flexibility index (Phi) is 6.87. The van der Waals surface area contributed by atoms with Gasteiger partial charge in [0.25, 0.3) is 11.8 Å². The summed E-state index contributed by atoms with van der Waals surface area (Å²) in [5.74, 6) is -2.17. The first-order valence-electron chi connectivity index (χ1n) is 10.9. The van der Waals surface area contributed by atoms with Crippen LogP contribution in [0.3, 0.4) is 0 Å². The lowest BCUT2D eigenvalue weighted by molar-refractivity contribution is -0.136. The Balaban J connectivity index is 1.71. The fourth-order valence-corrected chi connectivity index (χ4v) is 3.78. The zero-order chi connectivity index (χ0) is 24.4. The van der Waals surface area contributed by atoms with Gasteiger partial charge in [0.15, 0.2) is 0 Å². The van der Waals surface area contributed by atoms with Crippen LogP contribution in [0, 0.1) is 5.41 Å². The lowest BCUT2D eigenvalue weighted by atomic mass is 9.94. The molecule has 1 atom stereocenters. The Morgan fingerprint density at radius 2 is 1.85 bits per heavy atom. The predicted molar refractivity (Wildman–Crippen MR) is 119 cm³/mol. The molecule has 1 saturated heterocycles. The Morgan fingerprint density at radius 1 is 1.12 bits per heavy atom. The van der Waals surface area contributed by atoms with E-state index in [0.717, 1.165) is 4.90 Å². The molecular formula is C23H30N4O6. The van der Waals surface area contributed by atoms with Crippen molar-refractivity contribution >= 4 is 35.7 Å². The van der Waals surface area contributed by atoms with Gasteiger partial charge in [-0.15, -0.1) is 0 Å². The number of ether oxygens (including phenoxy) is 1. The molecule has 0 radical (unpaired) electrons. The molecule has 2 aliphatic rings. The highest BCUT2D eigenvalue weighted by Crippen LogP contribution is 2.32. The van der Waals surface area contributed by atoms with Crippen LogP contribution in [0.4, 0.5) is 5.69 Å². The molecule has 0 aromatic heterocycles. The minimum Gasteiger partial charge on any atom is -0.381 e. The van der Waals surface area contributed by atoms with Gasteiger partial charge in [0, 0.05) is 30.6 Å². The van der Waals surface area contributed by atoms with E-state index >= 15 is 0 Å². The second-order valence-corrected chi connectivity index (χ2v) is 9.74. The van der Waals surface area contributed by atoms with Crippen LogP contribution in [0.1, 0.15) is 61.3 Å². The van der Waals surface area contributed by atoms with Crippen LogP contribution in [-0.2, 0) is 19.1 Å². The van der Waals surface area contributed by atoms with Gasteiger partial charge in [-0.2, -0.15) is 0 Å². The van der Waals surface area contributed by atoms with E-state index in [1.165, 1.54) is 0 Å². The summed E-state index contributed by atoms with van der Waals surface area (Å²) in [6.07, 6.45) is 0.828. The molecule has 1 fully saturated rings. The molecule has 1 unspecified atom stereocenters. The van der Waals surface area contributed by atoms with Crippen LogP contribution >= 0.6 is 0 Å². The van der Waals surface area contributed by atoms with E-state index in [-0.39, 0.29) is 29.4 Å². The van der Waals surface area contributed by atoms with Crippen molar-refractivity contribution in [1.82, 2.24) is 15.5 Å². The number of piperidine rings is 1. The highest BCUT2D eigenvalue weighted by atomic mass is 16.5. The number of carbonyl (C=O) groups is 5. The Bertz CT molecular complexity index is 987. The maximum Gasteiger partial charge on any atom is 0.264 e. The molecular weight excluding hydrogens is 428 g/mol. The molecule has 0 spiro atoms. The summed E-state index contributed by atoms with van der Waals surface area (Å²) in [5.41, 5.74) is 0.0138. The third-order valence-corrected chi connectivity index (χ3v) is 5.69. The molecule has 3 N–H and O–H groups in total. The Labute approximate surface area is 192 Å². The van der Waals surface area contributed by atoms with Gasteiger partial charge in [0.2, 0.25) is 18.2 Å². The zero-order valence-electron chi connectivity index (χ0n) is 19.3. The number of fused-ring (bicyclic) bond motifs is 1. The molecule has 0 saturated carbocycles. The maximum absolute atomic E-state index is 13.2. The SMILES string of the molecule is CC(C)(CNC=O)COC(C)(C)CNc1cccc2c1C(=O)N(C1CCC(=O)NC1=O)C2=O. The summed E-state index contributed by atoms with van der Waals surface area (Å²) < 4.78 is 6.06. The van der Waals surface area contributed by atoms with E-state index < -0.39 is 35.3 Å². The van der Waals surface area contributed by atoms with Crippen molar-refractivity contribution in [3.05, 3.63) is 29.3 Å². The third kappa shape index (κ3) is 5.39. The number of benzene rings is 1. The standard InChI is InChI=1S/C23H30N4O6/c1-22(2,10-24-13-28)12-33-23(3,4)11-25-15-7-5-6-14-18(15)21(32)27(20(14)31)16-8-9-17(29)26-19(16)30/h5-7,13,16,25H,8-12H2,1-4H3,(H,24,28)(H,26,29,30). The number of nitrogens with zero attached hydrogens (tertiary/aromatic N) is 1. The minimum atomic E-state index is -1.01. The first-order valence-corrected chi connectivity index (χ1v) is 10.9. The van der Waals surface area contributed by atoms with E-state index in [2.05, 4.69) is 16.0 Å². The third-order valence-electron chi connectivity index (χ3n) is 5.69. The molecule has 3 rings (SSSR count). The first-order chi connectivity index (χ1) is 15.5. The normalized spacial score (nSPS) is 18.8. The number of anilines is 1. The largest absolute Gasteiger partial charge is 0.381 e. The highest BCUT2D eigenvalue weighted by Gasteiger charge is 2.45. The van der Waals surface area contributed by atoms with Gasteiger partial charge in [-0.3, -0.25) is 34.2 Å². The first kappa shape index (κ1) is 24.4. The van der Waals surface area contributed by atoms with Gasteiger partial charge in [0.1, 0.15) is 6.04 Å². The molecule has 2 heterocycles.